The van der Waals surface area contributed by atoms with Crippen LogP contribution in [-0.2, 0) is 49.4 Å². The molecule has 2 fully saturated rings. The van der Waals surface area contributed by atoms with Crippen LogP contribution in [0.3, 0.4) is 0 Å². The van der Waals surface area contributed by atoms with Gasteiger partial charge in [-0.1, -0.05) is 60.7 Å². The summed E-state index contributed by atoms with van der Waals surface area (Å²) < 4.78 is 28.0. The third-order valence-electron chi connectivity index (χ3n) is 13.5. The molecule has 5 heterocycles. The van der Waals surface area contributed by atoms with E-state index in [0.29, 0.717) is 128 Å². The molecule has 0 aliphatic carbocycles. The second-order valence-electron chi connectivity index (χ2n) is 18.3. The molecular formula is C55H60N8O12S. The van der Waals surface area contributed by atoms with E-state index in [2.05, 4.69) is 38.0 Å². The van der Waals surface area contributed by atoms with Crippen molar-refractivity contribution in [3.8, 4) is 11.1 Å². The van der Waals surface area contributed by atoms with Gasteiger partial charge >= 0.3 is 0 Å². The number of amides is 7. The highest BCUT2D eigenvalue weighted by molar-refractivity contribution is 7.13. The van der Waals surface area contributed by atoms with Gasteiger partial charge in [-0.15, -0.1) is 11.3 Å². The van der Waals surface area contributed by atoms with Crippen molar-refractivity contribution in [2.24, 2.45) is 0 Å². The fourth-order valence-electron chi connectivity index (χ4n) is 9.58. The lowest BCUT2D eigenvalue weighted by molar-refractivity contribution is -0.136. The Morgan fingerprint density at radius 3 is 2.04 bits per heavy atom. The van der Waals surface area contributed by atoms with Crippen molar-refractivity contribution in [2.75, 3.05) is 114 Å². The lowest BCUT2D eigenvalue weighted by Crippen LogP contribution is -2.54. The average molecular weight is 1060 g/mol. The van der Waals surface area contributed by atoms with Crippen LogP contribution >= 0.6 is 11.3 Å². The summed E-state index contributed by atoms with van der Waals surface area (Å²) in [7, 11) is 0. The molecule has 0 bridgehead atoms. The predicted octanol–water partition coefficient (Wildman–Crippen LogP) is 4.78. The molecule has 4 aliphatic rings. The number of anilines is 3. The Morgan fingerprint density at radius 1 is 0.697 bits per heavy atom. The summed E-state index contributed by atoms with van der Waals surface area (Å²) in [6.45, 7) is 6.97. The SMILES string of the molecule is O=C1CCC(N2C(=O)c3cccc(NCCOCCOCCOCCOCCOCCC(=O)N4CCN(c5ccc(-c6ccc7c(c6)C(=O)N(C(C(=O)Nc6nccs6)c6ccccc6)C7)cc5)CC4)c3C2=O)C(=O)N1. The van der Waals surface area contributed by atoms with Gasteiger partial charge in [0.05, 0.1) is 83.6 Å². The molecule has 1 aromatic heterocycles. The van der Waals surface area contributed by atoms with Gasteiger partial charge in [-0.2, -0.15) is 0 Å². The first-order chi connectivity index (χ1) is 37.1. The molecule has 2 unspecified atom stereocenters. The number of piperazine rings is 1. The molecule has 4 aromatic carbocycles. The largest absolute Gasteiger partial charge is 0.382 e. The van der Waals surface area contributed by atoms with Crippen LogP contribution in [0.5, 0.6) is 0 Å². The Kier molecular flexibility index (Phi) is 18.2. The van der Waals surface area contributed by atoms with Crippen LogP contribution in [0.1, 0.15) is 67.5 Å². The number of carbonyl (C=O) groups excluding carboxylic acids is 7. The number of thiazole rings is 1. The number of carbonyl (C=O) groups is 7. The minimum Gasteiger partial charge on any atom is -0.382 e. The number of nitrogens with zero attached hydrogens (tertiary/aromatic N) is 5. The van der Waals surface area contributed by atoms with Crippen molar-refractivity contribution < 1.29 is 57.2 Å². The number of hydrogen-bond donors (Lipinski definition) is 3. The van der Waals surface area contributed by atoms with Crippen LogP contribution in [0.4, 0.5) is 16.5 Å². The number of rotatable bonds is 26. The first-order valence-electron chi connectivity index (χ1n) is 25.4. The van der Waals surface area contributed by atoms with E-state index in [-0.39, 0.29) is 41.7 Å². The highest BCUT2D eigenvalue weighted by Crippen LogP contribution is 2.36. The molecule has 9 rings (SSSR count). The molecule has 0 radical (unpaired) electrons. The summed E-state index contributed by atoms with van der Waals surface area (Å²) in [5.41, 5.74) is 5.98. The summed E-state index contributed by atoms with van der Waals surface area (Å²) >= 11 is 1.32. The summed E-state index contributed by atoms with van der Waals surface area (Å²) in [6, 6.07) is 26.5. The van der Waals surface area contributed by atoms with Gasteiger partial charge in [-0.3, -0.25) is 49.1 Å². The summed E-state index contributed by atoms with van der Waals surface area (Å²) in [5.74, 6) is -2.67. The van der Waals surface area contributed by atoms with Crippen LogP contribution in [0.25, 0.3) is 11.1 Å². The number of benzene rings is 4. The predicted molar refractivity (Wildman–Crippen MR) is 281 cm³/mol. The number of piperidine rings is 1. The van der Waals surface area contributed by atoms with Crippen molar-refractivity contribution >= 4 is 69.2 Å². The van der Waals surface area contributed by atoms with E-state index in [9.17, 15) is 33.6 Å². The zero-order valence-electron chi connectivity index (χ0n) is 41.9. The standard InChI is InChI=1S/C55H60N8O12S/c64-46-16-15-45(50(66)58-46)63-53(69)42-7-4-8-44(48(42)54(63)70)56-18-25-72-27-29-74-31-33-75-32-30-73-28-26-71-24-17-47(65)61-22-20-60(21-23-61)41-13-11-37(12-14-41)39-9-10-40-36-62(52(68)43(40)35-39)49(38-5-2-1-3-6-38)51(67)59-55-57-19-34-76-55/h1-14,19,34-35,45,49,56H,15-18,20-33,36H2,(H,57,59,67)(H,58,64,66). The molecule has 21 heteroatoms. The normalized spacial score (nSPS) is 16.7. The van der Waals surface area contributed by atoms with Crippen molar-refractivity contribution in [3.05, 3.63) is 130 Å². The van der Waals surface area contributed by atoms with Gasteiger partial charge in [0.2, 0.25) is 17.7 Å². The Labute approximate surface area is 443 Å². The van der Waals surface area contributed by atoms with Crippen LogP contribution < -0.4 is 20.9 Å². The number of aromatic nitrogens is 1. The fraction of sp³-hybridized carbons (Fsp3) is 0.382. The van der Waals surface area contributed by atoms with Gasteiger partial charge in [-0.25, -0.2) is 4.98 Å². The topological polar surface area (TPSA) is 228 Å². The van der Waals surface area contributed by atoms with E-state index in [1.807, 2.05) is 65.6 Å². The molecule has 0 spiro atoms. The van der Waals surface area contributed by atoms with Crippen molar-refractivity contribution in [1.82, 2.24) is 25.0 Å². The van der Waals surface area contributed by atoms with E-state index < -0.39 is 35.7 Å². The number of hydrogen-bond acceptors (Lipinski definition) is 16. The molecule has 5 aromatic rings. The smallest absolute Gasteiger partial charge is 0.264 e. The maximum atomic E-state index is 14.0. The van der Waals surface area contributed by atoms with Gasteiger partial charge in [0.15, 0.2) is 5.13 Å². The van der Waals surface area contributed by atoms with Crippen molar-refractivity contribution in [1.29, 1.82) is 0 Å². The number of nitrogens with one attached hydrogen (secondary N) is 3. The van der Waals surface area contributed by atoms with Crippen LogP contribution in [0, 0.1) is 0 Å². The van der Waals surface area contributed by atoms with Crippen molar-refractivity contribution in [2.45, 2.75) is 37.9 Å². The fourth-order valence-corrected chi connectivity index (χ4v) is 10.1. The molecule has 398 valence electrons. The molecule has 7 amide bonds. The third kappa shape index (κ3) is 13.0. The van der Waals surface area contributed by atoms with Crippen LogP contribution in [-0.4, -0.2) is 166 Å². The van der Waals surface area contributed by atoms with Gasteiger partial charge < -0.3 is 43.7 Å². The molecule has 76 heavy (non-hydrogen) atoms. The van der Waals surface area contributed by atoms with Crippen molar-refractivity contribution in [3.63, 3.8) is 0 Å². The number of ether oxygens (including phenoxy) is 5. The van der Waals surface area contributed by atoms with Crippen LogP contribution in [0.15, 0.2) is 103 Å². The first kappa shape index (κ1) is 53.4. The highest BCUT2D eigenvalue weighted by atomic mass is 32.1. The van der Waals surface area contributed by atoms with E-state index in [0.717, 1.165) is 32.8 Å². The van der Waals surface area contributed by atoms with E-state index >= 15 is 0 Å². The van der Waals surface area contributed by atoms with Gasteiger partial charge in [-0.05, 0) is 59.0 Å². The first-order valence-corrected chi connectivity index (χ1v) is 26.3. The zero-order chi connectivity index (χ0) is 52.8. The maximum absolute atomic E-state index is 14.0. The van der Waals surface area contributed by atoms with E-state index in [1.165, 1.54) is 11.3 Å². The Bertz CT molecular complexity index is 2860. The second-order valence-corrected chi connectivity index (χ2v) is 19.2. The molecule has 2 atom stereocenters. The summed E-state index contributed by atoms with van der Waals surface area (Å²) in [5, 5.41) is 10.5. The van der Waals surface area contributed by atoms with Gasteiger partial charge in [0, 0.05) is 74.2 Å². The van der Waals surface area contributed by atoms with Gasteiger partial charge in [0.25, 0.3) is 23.6 Å². The highest BCUT2D eigenvalue weighted by Gasteiger charge is 2.46. The van der Waals surface area contributed by atoms with E-state index in [1.54, 1.807) is 34.7 Å². The summed E-state index contributed by atoms with van der Waals surface area (Å²) in [4.78, 5) is 102. The Balaban J connectivity index is 0.585. The number of imide groups is 2. The second kappa shape index (κ2) is 25.9. The monoisotopic (exact) mass is 1060 g/mol. The summed E-state index contributed by atoms with van der Waals surface area (Å²) in [6.07, 6.45) is 2.07. The molecule has 20 nitrogen and oxygen atoms in total. The third-order valence-corrected chi connectivity index (χ3v) is 14.1. The Hall–Kier alpha value is -7.40. The Morgan fingerprint density at radius 2 is 1.37 bits per heavy atom. The van der Waals surface area contributed by atoms with Gasteiger partial charge in [0.1, 0.15) is 12.1 Å². The molecular weight excluding hydrogens is 997 g/mol. The minimum atomic E-state index is -1.03. The molecule has 0 saturated carbocycles. The molecule has 4 aliphatic heterocycles. The maximum Gasteiger partial charge on any atom is 0.264 e. The average Bonchev–Trinajstić information content (AvgIpc) is 4.16. The van der Waals surface area contributed by atoms with Crippen LogP contribution in [0.2, 0.25) is 0 Å². The lowest BCUT2D eigenvalue weighted by Gasteiger charge is -2.36. The zero-order valence-corrected chi connectivity index (χ0v) is 42.8. The molecule has 2 saturated heterocycles. The number of fused-ring (bicyclic) bond motifs is 2. The van der Waals surface area contributed by atoms with E-state index in [4.69, 9.17) is 23.7 Å². The molecule has 3 N–H and O–H groups in total. The quantitative estimate of drug-likeness (QED) is 0.0500. The lowest BCUT2D eigenvalue weighted by atomic mass is 10.00. The minimum absolute atomic E-state index is 0.0540.